The van der Waals surface area contributed by atoms with E-state index < -0.39 is 0 Å². The maximum Gasteiger partial charge on any atom is 0.107 e. The lowest BCUT2D eigenvalue weighted by Crippen LogP contribution is -2.11. The van der Waals surface area contributed by atoms with Gasteiger partial charge >= 0.3 is 0 Å². The molecule has 0 bridgehead atoms. The van der Waals surface area contributed by atoms with Crippen LogP contribution in [0.1, 0.15) is 27.7 Å². The van der Waals surface area contributed by atoms with E-state index in [0.29, 0.717) is 44.9 Å². The van der Waals surface area contributed by atoms with Gasteiger partial charge in [-0.05, 0) is 5.92 Å². The molecule has 0 aromatic heterocycles. The lowest BCUT2D eigenvalue weighted by molar-refractivity contribution is 0.0145. The number of rotatable bonds is 9. The maximum absolute atomic E-state index is 5.38. The maximum atomic E-state index is 5.38. The van der Waals surface area contributed by atoms with Crippen molar-refractivity contribution in [2.75, 3.05) is 39.6 Å². The number of hydrogen-bond acceptors (Lipinski definition) is 3. The Morgan fingerprint density at radius 1 is 0.824 bits per heavy atom. The molecule has 0 aliphatic heterocycles. The molecule has 0 aliphatic rings. The van der Waals surface area contributed by atoms with Crippen LogP contribution in [0.4, 0.5) is 0 Å². The van der Waals surface area contributed by atoms with E-state index in [-0.39, 0.29) is 0 Å². The normalized spacial score (nSPS) is 10.7. The molecule has 0 aromatic rings. The minimum atomic E-state index is 0.410. The number of hydrogen-bond donors (Lipinski definition) is 0. The van der Waals surface area contributed by atoms with E-state index in [4.69, 9.17) is 14.2 Å². The molecule has 3 nitrogen and oxygen atoms in total. The monoisotopic (exact) mass is 242 g/mol. The molecular formula is C14H26O3. The van der Waals surface area contributed by atoms with Gasteiger partial charge in [0.25, 0.3) is 0 Å². The van der Waals surface area contributed by atoms with E-state index in [9.17, 15) is 0 Å². The SMILES string of the molecule is CC(C)C#CCOCCOCCOCC(C)C. The largest absolute Gasteiger partial charge is 0.379 e. The lowest BCUT2D eigenvalue weighted by Gasteiger charge is -2.07. The van der Waals surface area contributed by atoms with Crippen molar-refractivity contribution in [3.05, 3.63) is 0 Å². The lowest BCUT2D eigenvalue weighted by atomic mass is 10.2. The second-order valence-corrected chi connectivity index (χ2v) is 4.61. The molecule has 100 valence electrons. The highest BCUT2D eigenvalue weighted by molar-refractivity contribution is 5.01. The minimum absolute atomic E-state index is 0.410. The zero-order valence-corrected chi connectivity index (χ0v) is 11.6. The summed E-state index contributed by atoms with van der Waals surface area (Å²) in [5.74, 6) is 6.99. The first kappa shape index (κ1) is 16.4. The van der Waals surface area contributed by atoms with Crippen LogP contribution >= 0.6 is 0 Å². The van der Waals surface area contributed by atoms with E-state index in [1.165, 1.54) is 0 Å². The molecule has 0 heterocycles. The van der Waals surface area contributed by atoms with Gasteiger partial charge in [0.1, 0.15) is 6.61 Å². The zero-order chi connectivity index (χ0) is 12.9. The highest BCUT2D eigenvalue weighted by atomic mass is 16.5. The van der Waals surface area contributed by atoms with E-state index in [1.54, 1.807) is 0 Å². The van der Waals surface area contributed by atoms with Gasteiger partial charge in [-0.1, -0.05) is 39.5 Å². The number of ether oxygens (including phenoxy) is 3. The molecule has 0 rings (SSSR count). The van der Waals surface area contributed by atoms with Crippen molar-refractivity contribution in [2.24, 2.45) is 11.8 Å². The first-order chi connectivity index (χ1) is 8.13. The Labute approximate surface area is 106 Å². The van der Waals surface area contributed by atoms with Crippen molar-refractivity contribution in [1.82, 2.24) is 0 Å². The van der Waals surface area contributed by atoms with E-state index in [1.807, 2.05) is 0 Å². The highest BCUT2D eigenvalue weighted by Gasteiger charge is 1.93. The average molecular weight is 242 g/mol. The van der Waals surface area contributed by atoms with Crippen molar-refractivity contribution in [1.29, 1.82) is 0 Å². The van der Waals surface area contributed by atoms with Gasteiger partial charge in [-0.15, -0.1) is 0 Å². The summed E-state index contributed by atoms with van der Waals surface area (Å²) in [7, 11) is 0. The van der Waals surface area contributed by atoms with Gasteiger partial charge in [-0.3, -0.25) is 0 Å². The third-order valence-corrected chi connectivity index (χ3v) is 1.76. The van der Waals surface area contributed by atoms with Gasteiger partial charge in [-0.25, -0.2) is 0 Å². The highest BCUT2D eigenvalue weighted by Crippen LogP contribution is 1.91. The van der Waals surface area contributed by atoms with Crippen LogP contribution in [-0.4, -0.2) is 39.6 Å². The molecule has 0 saturated carbocycles. The van der Waals surface area contributed by atoms with E-state index >= 15 is 0 Å². The van der Waals surface area contributed by atoms with Gasteiger partial charge in [0, 0.05) is 12.5 Å². The fourth-order valence-corrected chi connectivity index (χ4v) is 1.03. The van der Waals surface area contributed by atoms with Crippen molar-refractivity contribution < 1.29 is 14.2 Å². The van der Waals surface area contributed by atoms with Crippen molar-refractivity contribution in [3.63, 3.8) is 0 Å². The Kier molecular flexibility index (Phi) is 11.5. The second-order valence-electron chi connectivity index (χ2n) is 4.61. The summed E-state index contributed by atoms with van der Waals surface area (Å²) in [6.07, 6.45) is 0. The molecule has 0 atom stereocenters. The predicted octanol–water partition coefficient (Wildman–Crippen LogP) is 2.35. The Hall–Kier alpha value is -0.560. The first-order valence-electron chi connectivity index (χ1n) is 6.34. The minimum Gasteiger partial charge on any atom is -0.379 e. The van der Waals surface area contributed by atoms with Crippen molar-refractivity contribution in [2.45, 2.75) is 27.7 Å². The van der Waals surface area contributed by atoms with Gasteiger partial charge in [0.2, 0.25) is 0 Å². The zero-order valence-electron chi connectivity index (χ0n) is 11.6. The molecule has 3 heteroatoms. The van der Waals surface area contributed by atoms with Gasteiger partial charge in [0.05, 0.1) is 26.4 Å². The van der Waals surface area contributed by atoms with Crippen LogP contribution < -0.4 is 0 Å². The van der Waals surface area contributed by atoms with Gasteiger partial charge in [0.15, 0.2) is 0 Å². The summed E-state index contributed by atoms with van der Waals surface area (Å²) in [6, 6.07) is 0. The molecule has 0 saturated heterocycles. The summed E-state index contributed by atoms with van der Waals surface area (Å²) >= 11 is 0. The topological polar surface area (TPSA) is 27.7 Å². The summed E-state index contributed by atoms with van der Waals surface area (Å²) in [4.78, 5) is 0. The van der Waals surface area contributed by atoms with Crippen molar-refractivity contribution >= 4 is 0 Å². The van der Waals surface area contributed by atoms with Gasteiger partial charge in [-0.2, -0.15) is 0 Å². The van der Waals surface area contributed by atoms with E-state index in [2.05, 4.69) is 39.5 Å². The predicted molar refractivity (Wildman–Crippen MR) is 69.9 cm³/mol. The average Bonchev–Trinajstić information content (AvgIpc) is 2.25. The standard InChI is InChI=1S/C14H26O3/c1-13(2)6-5-7-15-8-9-16-10-11-17-12-14(3)4/h13-14H,7-12H2,1-4H3. The molecule has 0 N–H and O–H groups in total. The van der Waals surface area contributed by atoms with E-state index in [0.717, 1.165) is 6.61 Å². The Bertz CT molecular complexity index is 213. The molecule has 0 radical (unpaired) electrons. The van der Waals surface area contributed by atoms with Crippen LogP contribution in [0.25, 0.3) is 0 Å². The van der Waals surface area contributed by atoms with Gasteiger partial charge < -0.3 is 14.2 Å². The molecule has 0 spiro atoms. The van der Waals surface area contributed by atoms with Crippen LogP contribution in [0, 0.1) is 23.7 Å². The molecule has 0 amide bonds. The fraction of sp³-hybridized carbons (Fsp3) is 0.857. The molecule has 0 unspecified atom stereocenters. The fourth-order valence-electron chi connectivity index (χ4n) is 1.03. The van der Waals surface area contributed by atoms with Crippen molar-refractivity contribution in [3.8, 4) is 11.8 Å². The first-order valence-corrected chi connectivity index (χ1v) is 6.34. The molecular weight excluding hydrogens is 216 g/mol. The summed E-state index contributed by atoms with van der Waals surface area (Å²) in [5.41, 5.74) is 0. The summed E-state index contributed by atoms with van der Waals surface area (Å²) in [6.45, 7) is 12.2. The third-order valence-electron chi connectivity index (χ3n) is 1.76. The second kappa shape index (κ2) is 11.9. The molecule has 0 aromatic carbocycles. The Balaban J connectivity index is 3.07. The quantitative estimate of drug-likeness (QED) is 0.459. The van der Waals surface area contributed by atoms with Crippen LogP contribution in [-0.2, 0) is 14.2 Å². The smallest absolute Gasteiger partial charge is 0.107 e. The Morgan fingerprint density at radius 2 is 1.41 bits per heavy atom. The summed E-state index contributed by atoms with van der Waals surface area (Å²) < 4.78 is 16.0. The van der Waals surface area contributed by atoms with Crippen LogP contribution in [0.3, 0.4) is 0 Å². The molecule has 17 heavy (non-hydrogen) atoms. The molecule has 0 fully saturated rings. The Morgan fingerprint density at radius 3 is 2.00 bits per heavy atom. The third kappa shape index (κ3) is 15.4. The van der Waals surface area contributed by atoms with Crippen LogP contribution in [0.15, 0.2) is 0 Å². The van der Waals surface area contributed by atoms with Crippen LogP contribution in [0.2, 0.25) is 0 Å². The summed E-state index contributed by atoms with van der Waals surface area (Å²) in [5, 5.41) is 0. The van der Waals surface area contributed by atoms with Crippen LogP contribution in [0.5, 0.6) is 0 Å². The molecule has 0 aliphatic carbocycles.